The molecule has 0 aliphatic heterocycles. The number of thioether (sulfide) groups is 1. The fourth-order valence-corrected chi connectivity index (χ4v) is 3.69. The van der Waals surface area contributed by atoms with Crippen molar-refractivity contribution in [3.8, 4) is 0 Å². The van der Waals surface area contributed by atoms with Crippen LogP contribution in [0.25, 0.3) is 0 Å². The molecule has 0 heterocycles. The van der Waals surface area contributed by atoms with Gasteiger partial charge >= 0.3 is 5.97 Å². The fourth-order valence-electron chi connectivity index (χ4n) is 1.81. The Hall–Kier alpha value is -1.05. The molecule has 112 valence electrons. The van der Waals surface area contributed by atoms with Crippen molar-refractivity contribution in [2.75, 3.05) is 12.0 Å². The number of hydrogen-bond acceptors (Lipinski definition) is 4. The molecule has 0 aliphatic rings. The topological polar surface area (TPSA) is 83.5 Å². The van der Waals surface area contributed by atoms with Crippen molar-refractivity contribution in [1.29, 1.82) is 0 Å². The zero-order valence-corrected chi connectivity index (χ0v) is 13.3. The number of aliphatic carboxylic acids is 1. The molecule has 0 bridgehead atoms. The van der Waals surface area contributed by atoms with E-state index in [1.165, 1.54) is 23.9 Å². The third kappa shape index (κ3) is 4.81. The lowest BCUT2D eigenvalue weighted by Crippen LogP contribution is -2.41. The largest absolute Gasteiger partial charge is 0.480 e. The Labute approximate surface area is 123 Å². The SMILES string of the molecule is CSCC[C@@H](NS(=O)(=O)c1cc(C)cc(C)c1)C(=O)O. The molecular formula is C13H19NO4S2. The van der Waals surface area contributed by atoms with E-state index in [0.717, 1.165) is 11.1 Å². The first-order valence-electron chi connectivity index (χ1n) is 6.08. The molecule has 0 radical (unpaired) electrons. The average molecular weight is 317 g/mol. The number of carbonyl (C=O) groups is 1. The molecule has 0 aromatic heterocycles. The first-order chi connectivity index (χ1) is 9.26. The molecule has 7 heteroatoms. The maximum absolute atomic E-state index is 12.2. The van der Waals surface area contributed by atoms with Gasteiger partial charge in [0.05, 0.1) is 4.90 Å². The zero-order valence-electron chi connectivity index (χ0n) is 11.7. The van der Waals surface area contributed by atoms with Gasteiger partial charge in [0, 0.05) is 0 Å². The van der Waals surface area contributed by atoms with Gasteiger partial charge < -0.3 is 5.11 Å². The summed E-state index contributed by atoms with van der Waals surface area (Å²) in [4.78, 5) is 11.2. The molecule has 1 atom stereocenters. The van der Waals surface area contributed by atoms with Gasteiger partial charge in [-0.2, -0.15) is 16.5 Å². The summed E-state index contributed by atoms with van der Waals surface area (Å²) < 4.78 is 26.7. The van der Waals surface area contributed by atoms with E-state index in [0.29, 0.717) is 5.75 Å². The third-order valence-corrected chi connectivity index (χ3v) is 4.81. The van der Waals surface area contributed by atoms with Crippen LogP contribution in [0.5, 0.6) is 0 Å². The lowest BCUT2D eigenvalue weighted by molar-refractivity contribution is -0.139. The monoisotopic (exact) mass is 317 g/mol. The highest BCUT2D eigenvalue weighted by molar-refractivity contribution is 7.98. The molecule has 1 aromatic rings. The maximum Gasteiger partial charge on any atom is 0.321 e. The van der Waals surface area contributed by atoms with Crippen molar-refractivity contribution in [2.45, 2.75) is 31.2 Å². The number of sulfonamides is 1. The van der Waals surface area contributed by atoms with Crippen molar-refractivity contribution in [3.05, 3.63) is 29.3 Å². The van der Waals surface area contributed by atoms with Crippen molar-refractivity contribution in [3.63, 3.8) is 0 Å². The number of carboxylic acids is 1. The van der Waals surface area contributed by atoms with Crippen molar-refractivity contribution >= 4 is 27.8 Å². The molecule has 5 nitrogen and oxygen atoms in total. The van der Waals surface area contributed by atoms with Gasteiger partial charge in [-0.3, -0.25) is 4.79 Å². The Morgan fingerprint density at radius 3 is 2.30 bits per heavy atom. The second kappa shape index (κ2) is 7.10. The number of hydrogen-bond donors (Lipinski definition) is 2. The van der Waals surface area contributed by atoms with E-state index in [1.807, 2.05) is 12.3 Å². The van der Waals surface area contributed by atoms with Gasteiger partial charge in [-0.1, -0.05) is 6.07 Å². The predicted octanol–water partition coefficient (Wildman–Crippen LogP) is 1.79. The molecule has 20 heavy (non-hydrogen) atoms. The van der Waals surface area contributed by atoms with Crippen molar-refractivity contribution in [2.24, 2.45) is 0 Å². The summed E-state index contributed by atoms with van der Waals surface area (Å²) in [5.74, 6) is -0.584. The fraction of sp³-hybridized carbons (Fsp3) is 0.462. The summed E-state index contributed by atoms with van der Waals surface area (Å²) >= 11 is 1.48. The van der Waals surface area contributed by atoms with Crippen LogP contribution in [0.15, 0.2) is 23.1 Å². The van der Waals surface area contributed by atoms with Crippen molar-refractivity contribution in [1.82, 2.24) is 4.72 Å². The third-order valence-electron chi connectivity index (χ3n) is 2.71. The van der Waals surface area contributed by atoms with Gasteiger partial charge in [0.25, 0.3) is 0 Å². The second-order valence-corrected chi connectivity index (χ2v) is 7.32. The van der Waals surface area contributed by atoms with Crippen LogP contribution < -0.4 is 4.72 Å². The smallest absolute Gasteiger partial charge is 0.321 e. The van der Waals surface area contributed by atoms with Gasteiger partial charge in [-0.05, 0) is 55.5 Å². The minimum Gasteiger partial charge on any atom is -0.480 e. The van der Waals surface area contributed by atoms with E-state index in [9.17, 15) is 13.2 Å². The van der Waals surface area contributed by atoms with Gasteiger partial charge in [0.15, 0.2) is 0 Å². The summed E-state index contributed by atoms with van der Waals surface area (Å²) in [6.07, 6.45) is 2.10. The number of carboxylic acid groups (broad SMARTS) is 1. The molecule has 0 fully saturated rings. The Kier molecular flexibility index (Phi) is 6.04. The van der Waals surface area contributed by atoms with E-state index >= 15 is 0 Å². The van der Waals surface area contributed by atoms with E-state index in [2.05, 4.69) is 4.72 Å². The molecule has 0 spiro atoms. The Bertz CT molecular complexity index is 564. The van der Waals surface area contributed by atoms with Crippen LogP contribution in [-0.4, -0.2) is 37.5 Å². The lowest BCUT2D eigenvalue weighted by Gasteiger charge is -2.15. The van der Waals surface area contributed by atoms with Crippen LogP contribution in [0.4, 0.5) is 0 Å². The van der Waals surface area contributed by atoms with E-state index in [-0.39, 0.29) is 11.3 Å². The Morgan fingerprint density at radius 2 is 1.85 bits per heavy atom. The number of aryl methyl sites for hydroxylation is 2. The van der Waals surface area contributed by atoms with Crippen LogP contribution in [0.1, 0.15) is 17.5 Å². The highest BCUT2D eigenvalue weighted by atomic mass is 32.2. The van der Waals surface area contributed by atoms with Gasteiger partial charge in [-0.15, -0.1) is 0 Å². The van der Waals surface area contributed by atoms with Gasteiger partial charge in [0.1, 0.15) is 6.04 Å². The molecule has 0 unspecified atom stereocenters. The molecule has 0 saturated heterocycles. The van der Waals surface area contributed by atoms with Gasteiger partial charge in [0.2, 0.25) is 10.0 Å². The Morgan fingerprint density at radius 1 is 1.30 bits per heavy atom. The van der Waals surface area contributed by atoms with E-state index < -0.39 is 22.0 Å². The minimum absolute atomic E-state index is 0.102. The van der Waals surface area contributed by atoms with Crippen LogP contribution in [0.2, 0.25) is 0 Å². The second-order valence-electron chi connectivity index (χ2n) is 4.62. The first-order valence-corrected chi connectivity index (χ1v) is 8.96. The van der Waals surface area contributed by atoms with E-state index in [4.69, 9.17) is 5.11 Å². The normalized spacial score (nSPS) is 13.2. The van der Waals surface area contributed by atoms with E-state index in [1.54, 1.807) is 13.8 Å². The van der Waals surface area contributed by atoms with Crippen LogP contribution >= 0.6 is 11.8 Å². The number of benzene rings is 1. The molecule has 2 N–H and O–H groups in total. The van der Waals surface area contributed by atoms with Crippen LogP contribution in [-0.2, 0) is 14.8 Å². The summed E-state index contributed by atoms with van der Waals surface area (Å²) in [5, 5.41) is 9.08. The standard InChI is InChI=1S/C13H19NO4S2/c1-9-6-10(2)8-11(7-9)20(17,18)14-12(13(15)16)4-5-19-3/h6-8,12,14H,4-5H2,1-3H3,(H,15,16)/t12-/m1/s1. The molecule has 0 saturated carbocycles. The average Bonchev–Trinajstić information content (AvgIpc) is 2.32. The highest BCUT2D eigenvalue weighted by Crippen LogP contribution is 2.15. The summed E-state index contributed by atoms with van der Waals surface area (Å²) in [5.41, 5.74) is 1.64. The van der Waals surface area contributed by atoms with Crippen LogP contribution in [0.3, 0.4) is 0 Å². The molecule has 1 rings (SSSR count). The summed E-state index contributed by atoms with van der Waals surface area (Å²) in [7, 11) is -3.82. The maximum atomic E-state index is 12.2. The minimum atomic E-state index is -3.82. The highest BCUT2D eigenvalue weighted by Gasteiger charge is 2.25. The Balaban J connectivity index is 3.00. The molecule has 0 amide bonds. The molecular weight excluding hydrogens is 298 g/mol. The van der Waals surface area contributed by atoms with Crippen LogP contribution in [0, 0.1) is 13.8 Å². The summed E-state index contributed by atoms with van der Waals surface area (Å²) in [6, 6.07) is 3.82. The van der Waals surface area contributed by atoms with Gasteiger partial charge in [-0.25, -0.2) is 8.42 Å². The molecule has 0 aliphatic carbocycles. The summed E-state index contributed by atoms with van der Waals surface area (Å²) in [6.45, 7) is 3.60. The zero-order chi connectivity index (χ0) is 15.3. The first kappa shape index (κ1) is 17.0. The predicted molar refractivity (Wildman–Crippen MR) is 80.7 cm³/mol. The number of nitrogens with one attached hydrogen (secondary N) is 1. The van der Waals surface area contributed by atoms with Crippen molar-refractivity contribution < 1.29 is 18.3 Å². The lowest BCUT2D eigenvalue weighted by atomic mass is 10.2. The number of rotatable bonds is 7. The quantitative estimate of drug-likeness (QED) is 0.801. The molecule has 1 aromatic carbocycles.